The number of halogens is 2. The second-order valence-electron chi connectivity index (χ2n) is 5.58. The summed E-state index contributed by atoms with van der Waals surface area (Å²) in [7, 11) is 4.29. The summed E-state index contributed by atoms with van der Waals surface area (Å²) in [5, 5.41) is 0. The van der Waals surface area contributed by atoms with E-state index in [-0.39, 0.29) is 24.8 Å². The molecule has 4 atom stereocenters. The molecule has 1 fully saturated rings. The summed E-state index contributed by atoms with van der Waals surface area (Å²) in [6.45, 7) is 1.12. The van der Waals surface area contributed by atoms with Crippen LogP contribution in [0.15, 0.2) is 24.3 Å². The summed E-state index contributed by atoms with van der Waals surface area (Å²) in [5.74, 6) is 1.97. The van der Waals surface area contributed by atoms with E-state index in [1.165, 1.54) is 12.0 Å². The van der Waals surface area contributed by atoms with E-state index in [2.05, 4.69) is 43.3 Å². The lowest BCUT2D eigenvalue weighted by atomic mass is 9.80. The van der Waals surface area contributed by atoms with Crippen molar-refractivity contribution in [2.45, 2.75) is 24.3 Å². The second-order valence-corrected chi connectivity index (χ2v) is 5.58. The standard InChI is InChI=1S/C14H20N2.2ClH/c1-16(2)8-13-11-7-12(14(13)15)10-6-4-3-5-9(10)11;;/h3-6,11-14H,7-8,15H2,1-2H3;2*1H. The Balaban J connectivity index is 0.000000810. The van der Waals surface area contributed by atoms with Gasteiger partial charge in [-0.3, -0.25) is 0 Å². The van der Waals surface area contributed by atoms with Gasteiger partial charge in [-0.1, -0.05) is 24.3 Å². The molecule has 0 saturated heterocycles. The maximum absolute atomic E-state index is 6.40. The number of hydrogen-bond donors (Lipinski definition) is 1. The van der Waals surface area contributed by atoms with Crippen LogP contribution >= 0.6 is 24.8 Å². The van der Waals surface area contributed by atoms with Gasteiger partial charge in [-0.2, -0.15) is 0 Å². The normalized spacial score (nSPS) is 31.8. The molecule has 2 N–H and O–H groups in total. The van der Waals surface area contributed by atoms with Crippen LogP contribution in [0.4, 0.5) is 0 Å². The highest BCUT2D eigenvalue weighted by Gasteiger charge is 2.48. The molecule has 2 bridgehead atoms. The van der Waals surface area contributed by atoms with E-state index in [1.54, 1.807) is 5.56 Å². The van der Waals surface area contributed by atoms with Gasteiger partial charge < -0.3 is 10.6 Å². The number of hydrogen-bond acceptors (Lipinski definition) is 2. The van der Waals surface area contributed by atoms with E-state index >= 15 is 0 Å². The Bertz CT molecular complexity index is 409. The first-order chi connectivity index (χ1) is 7.68. The van der Waals surface area contributed by atoms with Crippen molar-refractivity contribution in [1.29, 1.82) is 0 Å². The molecule has 2 aliphatic carbocycles. The SMILES string of the molecule is CN(C)CC1C2CC(c3ccccc32)C1N.Cl.Cl. The molecule has 0 spiro atoms. The van der Waals surface area contributed by atoms with Crippen molar-refractivity contribution in [2.75, 3.05) is 20.6 Å². The lowest BCUT2D eigenvalue weighted by molar-refractivity contribution is 0.282. The lowest BCUT2D eigenvalue weighted by Gasteiger charge is -2.32. The Hall–Kier alpha value is -0.280. The van der Waals surface area contributed by atoms with Crippen molar-refractivity contribution in [3.8, 4) is 0 Å². The zero-order chi connectivity index (χ0) is 11.3. The third kappa shape index (κ3) is 2.27. The van der Waals surface area contributed by atoms with Crippen LogP contribution in [0, 0.1) is 5.92 Å². The quantitative estimate of drug-likeness (QED) is 0.907. The molecule has 0 heterocycles. The Morgan fingerprint density at radius 2 is 1.67 bits per heavy atom. The van der Waals surface area contributed by atoms with Gasteiger partial charge in [0.05, 0.1) is 0 Å². The summed E-state index contributed by atoms with van der Waals surface area (Å²) in [6, 6.07) is 9.24. The zero-order valence-corrected chi connectivity index (χ0v) is 12.5. The monoisotopic (exact) mass is 288 g/mol. The van der Waals surface area contributed by atoms with E-state index in [0.717, 1.165) is 6.54 Å². The maximum atomic E-state index is 6.40. The molecule has 0 aromatic heterocycles. The summed E-state index contributed by atoms with van der Waals surface area (Å²) in [6.07, 6.45) is 1.28. The van der Waals surface area contributed by atoms with Gasteiger partial charge >= 0.3 is 0 Å². The molecular formula is C14H22Cl2N2. The average Bonchev–Trinajstić information content (AvgIpc) is 2.77. The Morgan fingerprint density at radius 3 is 2.22 bits per heavy atom. The van der Waals surface area contributed by atoms with Crippen LogP contribution in [0.5, 0.6) is 0 Å². The van der Waals surface area contributed by atoms with E-state index in [1.807, 2.05) is 0 Å². The van der Waals surface area contributed by atoms with Crippen LogP contribution in [-0.4, -0.2) is 31.6 Å². The molecule has 18 heavy (non-hydrogen) atoms. The Kier molecular flexibility index (Phi) is 5.07. The fourth-order valence-corrected chi connectivity index (χ4v) is 3.72. The van der Waals surface area contributed by atoms with Crippen molar-refractivity contribution in [3.05, 3.63) is 35.4 Å². The molecule has 1 aromatic rings. The molecule has 102 valence electrons. The smallest absolute Gasteiger partial charge is 0.0155 e. The molecule has 1 aromatic carbocycles. The number of rotatable bonds is 2. The van der Waals surface area contributed by atoms with E-state index in [4.69, 9.17) is 5.73 Å². The fraction of sp³-hybridized carbons (Fsp3) is 0.571. The predicted octanol–water partition coefficient (Wildman–Crippen LogP) is 2.62. The van der Waals surface area contributed by atoms with Crippen molar-refractivity contribution < 1.29 is 0 Å². The van der Waals surface area contributed by atoms with Crippen LogP contribution in [0.2, 0.25) is 0 Å². The van der Waals surface area contributed by atoms with Gasteiger partial charge in [0.1, 0.15) is 0 Å². The van der Waals surface area contributed by atoms with E-state index in [9.17, 15) is 0 Å². The third-order valence-electron chi connectivity index (χ3n) is 4.35. The molecule has 0 amide bonds. The molecular weight excluding hydrogens is 267 g/mol. The molecule has 4 unspecified atom stereocenters. The minimum atomic E-state index is 0. The van der Waals surface area contributed by atoms with Gasteiger partial charge in [-0.15, -0.1) is 24.8 Å². The van der Waals surface area contributed by atoms with Crippen LogP contribution < -0.4 is 5.73 Å². The highest BCUT2D eigenvalue weighted by Crippen LogP contribution is 2.55. The van der Waals surface area contributed by atoms with Crippen molar-refractivity contribution in [1.82, 2.24) is 4.90 Å². The van der Waals surface area contributed by atoms with Crippen LogP contribution in [0.1, 0.15) is 29.4 Å². The van der Waals surface area contributed by atoms with Crippen LogP contribution in [0.3, 0.4) is 0 Å². The van der Waals surface area contributed by atoms with Crippen LogP contribution in [0.25, 0.3) is 0 Å². The fourth-order valence-electron chi connectivity index (χ4n) is 3.72. The summed E-state index contributed by atoms with van der Waals surface area (Å²) >= 11 is 0. The molecule has 1 saturated carbocycles. The lowest BCUT2D eigenvalue weighted by Crippen LogP contribution is -2.40. The minimum absolute atomic E-state index is 0. The van der Waals surface area contributed by atoms with Gasteiger partial charge in [0.25, 0.3) is 0 Å². The topological polar surface area (TPSA) is 29.3 Å². The number of benzene rings is 1. The van der Waals surface area contributed by atoms with E-state index in [0.29, 0.717) is 23.8 Å². The second kappa shape index (κ2) is 5.79. The first kappa shape index (κ1) is 15.8. The highest BCUT2D eigenvalue weighted by molar-refractivity contribution is 5.85. The largest absolute Gasteiger partial charge is 0.327 e. The van der Waals surface area contributed by atoms with Crippen molar-refractivity contribution in [3.63, 3.8) is 0 Å². The number of fused-ring (bicyclic) bond motifs is 5. The first-order valence-corrected chi connectivity index (χ1v) is 6.17. The van der Waals surface area contributed by atoms with Crippen molar-refractivity contribution >= 4 is 24.8 Å². The molecule has 3 rings (SSSR count). The molecule has 4 heteroatoms. The van der Waals surface area contributed by atoms with Crippen LogP contribution in [-0.2, 0) is 0 Å². The number of nitrogens with zero attached hydrogens (tertiary/aromatic N) is 1. The summed E-state index contributed by atoms with van der Waals surface area (Å²) in [4.78, 5) is 2.27. The van der Waals surface area contributed by atoms with Gasteiger partial charge in [0, 0.05) is 18.5 Å². The molecule has 2 aliphatic rings. The van der Waals surface area contributed by atoms with Gasteiger partial charge in [-0.25, -0.2) is 0 Å². The molecule has 0 radical (unpaired) electrons. The zero-order valence-electron chi connectivity index (χ0n) is 10.9. The predicted molar refractivity (Wildman–Crippen MR) is 81.1 cm³/mol. The summed E-state index contributed by atoms with van der Waals surface area (Å²) in [5.41, 5.74) is 9.49. The van der Waals surface area contributed by atoms with Crippen molar-refractivity contribution in [2.24, 2.45) is 11.7 Å². The first-order valence-electron chi connectivity index (χ1n) is 6.17. The Morgan fingerprint density at radius 1 is 1.11 bits per heavy atom. The molecule has 0 aliphatic heterocycles. The highest BCUT2D eigenvalue weighted by atomic mass is 35.5. The summed E-state index contributed by atoms with van der Waals surface area (Å²) < 4.78 is 0. The molecule has 2 nitrogen and oxygen atoms in total. The van der Waals surface area contributed by atoms with Gasteiger partial charge in [0.15, 0.2) is 0 Å². The maximum Gasteiger partial charge on any atom is 0.0155 e. The number of nitrogens with two attached hydrogens (primary N) is 1. The minimum Gasteiger partial charge on any atom is -0.327 e. The Labute approximate surface area is 122 Å². The average molecular weight is 289 g/mol. The third-order valence-corrected chi connectivity index (χ3v) is 4.35. The van der Waals surface area contributed by atoms with Gasteiger partial charge in [-0.05, 0) is 43.5 Å². The van der Waals surface area contributed by atoms with E-state index < -0.39 is 0 Å². The van der Waals surface area contributed by atoms with Gasteiger partial charge in [0.2, 0.25) is 0 Å².